The zero-order chi connectivity index (χ0) is 18.0. The van der Waals surface area contributed by atoms with Gasteiger partial charge < -0.3 is 9.62 Å². The number of unbranched alkanes of at least 4 members (excludes halogenated alkanes) is 1. The van der Waals surface area contributed by atoms with E-state index >= 15 is 0 Å². The molecule has 1 atom stereocenters. The third-order valence-corrected chi connectivity index (χ3v) is 4.65. The van der Waals surface area contributed by atoms with E-state index in [1.807, 2.05) is 50.2 Å². The van der Waals surface area contributed by atoms with Crippen LogP contribution >= 0.6 is 7.82 Å². The van der Waals surface area contributed by atoms with Gasteiger partial charge >= 0.3 is 7.82 Å². The molecule has 0 bridgehead atoms. The van der Waals surface area contributed by atoms with E-state index in [4.69, 9.17) is 23.3 Å². The quantitative estimate of drug-likeness (QED) is 0.224. The highest BCUT2D eigenvalue weighted by Crippen LogP contribution is 2.50. The Morgan fingerprint density at radius 1 is 0.920 bits per heavy atom. The first kappa shape index (κ1) is 19.9. The summed E-state index contributed by atoms with van der Waals surface area (Å²) >= 11 is 0. The molecule has 138 valence electrons. The summed E-state index contributed by atoms with van der Waals surface area (Å²) in [4.78, 5) is 5.32. The summed E-state index contributed by atoms with van der Waals surface area (Å²) in [6.07, 6.45) is 1.65. The van der Waals surface area contributed by atoms with E-state index < -0.39 is 7.82 Å². The van der Waals surface area contributed by atoms with Crippen LogP contribution in [0.1, 0.15) is 26.7 Å². The fraction of sp³-hybridized carbons (Fsp3) is 0.444. The second kappa shape index (κ2) is 10.5. The highest BCUT2D eigenvalue weighted by molar-refractivity contribution is 7.48. The number of rotatable bonds is 12. The van der Waals surface area contributed by atoms with E-state index in [1.54, 1.807) is 6.07 Å². The molecule has 0 amide bonds. The van der Waals surface area contributed by atoms with Crippen molar-refractivity contribution in [1.82, 2.24) is 0 Å². The van der Waals surface area contributed by atoms with Gasteiger partial charge in [0.2, 0.25) is 0 Å². The van der Waals surface area contributed by atoms with Crippen LogP contribution < -0.4 is 4.89 Å². The Morgan fingerprint density at radius 3 is 2.48 bits per heavy atom. The van der Waals surface area contributed by atoms with Gasteiger partial charge in [0.1, 0.15) is 0 Å². The number of hydrogen-bond donors (Lipinski definition) is 0. The smallest absolute Gasteiger partial charge is 0.379 e. The van der Waals surface area contributed by atoms with Gasteiger partial charge in [-0.1, -0.05) is 54.4 Å². The summed E-state index contributed by atoms with van der Waals surface area (Å²) in [7, 11) is -3.83. The van der Waals surface area contributed by atoms with Crippen LogP contribution in [0.5, 0.6) is 5.75 Å². The minimum atomic E-state index is -3.83. The van der Waals surface area contributed by atoms with E-state index in [9.17, 15) is 4.57 Å². The van der Waals surface area contributed by atoms with Crippen molar-refractivity contribution in [2.24, 2.45) is 0 Å². The molecule has 7 heteroatoms. The molecule has 0 spiro atoms. The Kier molecular flexibility index (Phi) is 8.38. The summed E-state index contributed by atoms with van der Waals surface area (Å²) in [6, 6.07) is 13.2. The largest absolute Gasteiger partial charge is 0.511 e. The number of phosphoric ester groups is 1. The average molecular weight is 368 g/mol. The third kappa shape index (κ3) is 6.42. The SMILES string of the molecule is CCCCOP(=O)(OCCOCC)OOc1cccc2ccccc12. The molecule has 0 radical (unpaired) electrons. The molecular formula is C18H25O6P. The summed E-state index contributed by atoms with van der Waals surface area (Å²) in [5.41, 5.74) is 0. The zero-order valence-corrected chi connectivity index (χ0v) is 15.6. The minimum Gasteiger partial charge on any atom is -0.379 e. The van der Waals surface area contributed by atoms with E-state index in [1.165, 1.54) is 0 Å². The lowest BCUT2D eigenvalue weighted by atomic mass is 10.1. The van der Waals surface area contributed by atoms with E-state index in [0.717, 1.165) is 23.6 Å². The molecule has 0 aliphatic heterocycles. The maximum atomic E-state index is 12.7. The lowest BCUT2D eigenvalue weighted by Crippen LogP contribution is -2.08. The molecule has 0 fully saturated rings. The summed E-state index contributed by atoms with van der Waals surface area (Å²) in [5.74, 6) is 0.450. The standard InChI is InChI=1S/C18H25O6P/c1-3-5-13-21-25(19,22-15-14-20-4-2)24-23-18-12-8-10-16-9-6-7-11-17(16)18/h6-12H,3-5,13-15H2,1-2H3. The van der Waals surface area contributed by atoms with Crippen LogP contribution in [0.3, 0.4) is 0 Å². The summed E-state index contributed by atoms with van der Waals surface area (Å²) in [6.45, 7) is 5.10. The molecule has 0 aromatic heterocycles. The Labute approximate surface area is 148 Å². The van der Waals surface area contributed by atoms with Gasteiger partial charge in [0.05, 0.1) is 19.8 Å². The molecule has 0 aliphatic carbocycles. The van der Waals surface area contributed by atoms with Crippen LogP contribution in [0.4, 0.5) is 0 Å². The monoisotopic (exact) mass is 368 g/mol. The maximum Gasteiger partial charge on any atom is 0.511 e. The summed E-state index contributed by atoms with van der Waals surface area (Å²) < 4.78 is 33.6. The molecule has 0 heterocycles. The van der Waals surface area contributed by atoms with Crippen molar-refractivity contribution in [1.29, 1.82) is 0 Å². The molecule has 6 nitrogen and oxygen atoms in total. The van der Waals surface area contributed by atoms with Crippen LogP contribution in [-0.4, -0.2) is 26.4 Å². The van der Waals surface area contributed by atoms with Gasteiger partial charge in [0.15, 0.2) is 5.75 Å². The predicted octanol–water partition coefficient (Wildman–Crippen LogP) is 5.13. The van der Waals surface area contributed by atoms with Gasteiger partial charge in [-0.25, -0.2) is 4.57 Å². The first-order chi connectivity index (χ1) is 12.2. The van der Waals surface area contributed by atoms with Crippen molar-refractivity contribution >= 4 is 18.6 Å². The van der Waals surface area contributed by atoms with Gasteiger partial charge in [0, 0.05) is 12.0 Å². The van der Waals surface area contributed by atoms with Crippen LogP contribution in [0.2, 0.25) is 0 Å². The Hall–Kier alpha value is -1.43. The molecule has 2 aromatic carbocycles. The number of fused-ring (bicyclic) bond motifs is 1. The average Bonchev–Trinajstić information content (AvgIpc) is 2.64. The van der Waals surface area contributed by atoms with Crippen molar-refractivity contribution in [2.75, 3.05) is 26.4 Å². The third-order valence-electron chi connectivity index (χ3n) is 3.40. The van der Waals surface area contributed by atoms with Crippen LogP contribution in [0.15, 0.2) is 42.5 Å². The van der Waals surface area contributed by atoms with Crippen LogP contribution in [0.25, 0.3) is 10.8 Å². The van der Waals surface area contributed by atoms with Gasteiger partial charge in [-0.15, -0.1) is 0 Å². The number of hydrogen-bond acceptors (Lipinski definition) is 6. The fourth-order valence-corrected chi connectivity index (χ4v) is 3.09. The van der Waals surface area contributed by atoms with Crippen molar-refractivity contribution < 1.29 is 27.9 Å². The maximum absolute atomic E-state index is 12.7. The topological polar surface area (TPSA) is 63.2 Å². The van der Waals surface area contributed by atoms with E-state index in [0.29, 0.717) is 19.0 Å². The summed E-state index contributed by atoms with van der Waals surface area (Å²) in [5, 5.41) is 1.84. The molecule has 1 unspecified atom stereocenters. The minimum absolute atomic E-state index is 0.0934. The molecule has 0 aliphatic rings. The van der Waals surface area contributed by atoms with Gasteiger partial charge in [-0.2, -0.15) is 0 Å². The van der Waals surface area contributed by atoms with E-state index in [2.05, 4.69) is 0 Å². The van der Waals surface area contributed by atoms with E-state index in [-0.39, 0.29) is 13.2 Å². The lowest BCUT2D eigenvalue weighted by Gasteiger charge is -2.17. The molecule has 0 saturated heterocycles. The highest BCUT2D eigenvalue weighted by Gasteiger charge is 2.29. The Morgan fingerprint density at radius 2 is 1.68 bits per heavy atom. The van der Waals surface area contributed by atoms with Crippen molar-refractivity contribution in [3.8, 4) is 5.75 Å². The molecule has 2 aromatic rings. The molecule has 0 saturated carbocycles. The lowest BCUT2D eigenvalue weighted by molar-refractivity contribution is -0.132. The van der Waals surface area contributed by atoms with Gasteiger partial charge in [-0.3, -0.25) is 9.05 Å². The molecular weight excluding hydrogens is 343 g/mol. The predicted molar refractivity (Wildman–Crippen MR) is 96.6 cm³/mol. The normalized spacial score (nSPS) is 13.7. The van der Waals surface area contributed by atoms with Crippen molar-refractivity contribution in [3.63, 3.8) is 0 Å². The van der Waals surface area contributed by atoms with Crippen molar-refractivity contribution in [2.45, 2.75) is 26.7 Å². The van der Waals surface area contributed by atoms with Crippen molar-refractivity contribution in [3.05, 3.63) is 42.5 Å². The number of ether oxygens (including phenoxy) is 1. The number of phosphoric acid groups is 1. The van der Waals surface area contributed by atoms with Gasteiger partial charge in [-0.05, 0) is 24.8 Å². The molecule has 2 rings (SSSR count). The Balaban J connectivity index is 2.03. The number of benzene rings is 2. The highest BCUT2D eigenvalue weighted by atomic mass is 31.2. The van der Waals surface area contributed by atoms with Crippen LogP contribution in [-0.2, 0) is 23.0 Å². The molecule has 0 N–H and O–H groups in total. The second-order valence-corrected chi connectivity index (χ2v) is 6.86. The second-order valence-electron chi connectivity index (χ2n) is 5.30. The van der Waals surface area contributed by atoms with Crippen LogP contribution in [0, 0.1) is 0 Å². The Bertz CT molecular complexity index is 685. The fourth-order valence-electron chi connectivity index (χ4n) is 2.11. The molecule has 25 heavy (non-hydrogen) atoms. The first-order valence-electron chi connectivity index (χ1n) is 8.49. The zero-order valence-electron chi connectivity index (χ0n) is 14.7. The van der Waals surface area contributed by atoms with Gasteiger partial charge in [0.25, 0.3) is 0 Å². The first-order valence-corrected chi connectivity index (χ1v) is 9.95.